The van der Waals surface area contributed by atoms with Crippen LogP contribution in [0.5, 0.6) is 0 Å². The van der Waals surface area contributed by atoms with Crippen molar-refractivity contribution in [1.29, 1.82) is 0 Å². The van der Waals surface area contributed by atoms with Gasteiger partial charge < -0.3 is 26.5 Å². The van der Waals surface area contributed by atoms with E-state index in [9.17, 15) is 9.59 Å². The molecule has 1 aromatic rings. The van der Waals surface area contributed by atoms with Gasteiger partial charge in [-0.2, -0.15) is 0 Å². The summed E-state index contributed by atoms with van der Waals surface area (Å²) in [5.41, 5.74) is 1.15. The quantitative estimate of drug-likeness (QED) is 0.412. The molecule has 0 saturated carbocycles. The molecule has 124 valence electrons. The van der Waals surface area contributed by atoms with E-state index in [1.807, 2.05) is 35.6 Å². The first-order chi connectivity index (χ1) is 10.0. The van der Waals surface area contributed by atoms with Gasteiger partial charge in [0.15, 0.2) is 0 Å². The first kappa shape index (κ1) is 18.7. The Hall–Kier alpha value is -1.37. The van der Waals surface area contributed by atoms with E-state index < -0.39 is 0 Å². The molecule has 0 aromatic carbocycles. The van der Waals surface area contributed by atoms with Gasteiger partial charge in [-0.05, 0) is 6.42 Å². The second kappa shape index (κ2) is 8.31. The Kier molecular flexibility index (Phi) is 7.06. The van der Waals surface area contributed by atoms with Crippen LogP contribution >= 0.6 is 0 Å². The van der Waals surface area contributed by atoms with Crippen molar-refractivity contribution in [2.75, 3.05) is 13.2 Å². The topological polar surface area (TPSA) is 61.4 Å². The lowest BCUT2D eigenvalue weighted by Crippen LogP contribution is -3.00. The number of rotatable bonds is 6. The highest BCUT2D eigenvalue weighted by Crippen LogP contribution is 2.27. The van der Waals surface area contributed by atoms with Crippen LogP contribution in [0.2, 0.25) is 0 Å². The van der Waals surface area contributed by atoms with Crippen LogP contribution < -0.4 is 21.5 Å². The second-order valence-electron chi connectivity index (χ2n) is 5.53. The van der Waals surface area contributed by atoms with E-state index in [2.05, 4.69) is 0 Å². The van der Waals surface area contributed by atoms with Crippen molar-refractivity contribution in [2.45, 2.75) is 33.2 Å². The fourth-order valence-corrected chi connectivity index (χ4v) is 2.80. The van der Waals surface area contributed by atoms with Crippen LogP contribution in [-0.4, -0.2) is 29.7 Å². The minimum absolute atomic E-state index is 0. The largest absolute Gasteiger partial charge is 1.00 e. The van der Waals surface area contributed by atoms with Gasteiger partial charge in [-0.15, -0.1) is 0 Å². The van der Waals surface area contributed by atoms with Crippen molar-refractivity contribution in [3.63, 3.8) is 0 Å². The van der Waals surface area contributed by atoms with E-state index in [1.54, 1.807) is 0 Å². The fourth-order valence-electron chi connectivity index (χ4n) is 2.80. The summed E-state index contributed by atoms with van der Waals surface area (Å²) >= 11 is 0. The Morgan fingerprint density at radius 1 is 1.55 bits per heavy atom. The van der Waals surface area contributed by atoms with Gasteiger partial charge in [0, 0.05) is 19.3 Å². The summed E-state index contributed by atoms with van der Waals surface area (Å²) in [4.78, 5) is 22.4. The van der Waals surface area contributed by atoms with E-state index in [0.29, 0.717) is 19.8 Å². The highest BCUT2D eigenvalue weighted by atomic mass is 79.9. The van der Waals surface area contributed by atoms with E-state index in [4.69, 9.17) is 9.47 Å². The van der Waals surface area contributed by atoms with Gasteiger partial charge in [0.2, 0.25) is 6.33 Å². The van der Waals surface area contributed by atoms with E-state index in [1.165, 1.54) is 6.92 Å². The van der Waals surface area contributed by atoms with Crippen LogP contribution in [0.1, 0.15) is 26.0 Å². The molecule has 1 fully saturated rings. The van der Waals surface area contributed by atoms with Gasteiger partial charge in [-0.25, -0.2) is 9.13 Å². The van der Waals surface area contributed by atoms with Crippen molar-refractivity contribution >= 4 is 11.9 Å². The minimum Gasteiger partial charge on any atom is -1.00 e. The summed E-state index contributed by atoms with van der Waals surface area (Å²) in [5.74, 6) is -0.0778. The number of carbonyl (C=O) groups is 2. The van der Waals surface area contributed by atoms with Crippen LogP contribution in [0.15, 0.2) is 12.5 Å². The Balaban J connectivity index is 0.00000242. The maximum absolute atomic E-state index is 11.6. The van der Waals surface area contributed by atoms with Crippen molar-refractivity contribution in [1.82, 2.24) is 4.57 Å². The zero-order valence-electron chi connectivity index (χ0n) is 13.3. The molecule has 0 N–H and O–H groups in total. The molecule has 22 heavy (non-hydrogen) atoms. The number of ether oxygens (including phenoxy) is 2. The number of imidazole rings is 1. The van der Waals surface area contributed by atoms with Crippen LogP contribution in [0.25, 0.3) is 0 Å². The molecular weight excluding hydrogens is 352 g/mol. The maximum atomic E-state index is 11.6. The Morgan fingerprint density at radius 3 is 2.91 bits per heavy atom. The molecule has 2 atom stereocenters. The van der Waals surface area contributed by atoms with Gasteiger partial charge in [-0.3, -0.25) is 9.59 Å². The number of hydrogen-bond donors (Lipinski definition) is 0. The average molecular weight is 375 g/mol. The molecule has 0 aliphatic carbocycles. The second-order valence-corrected chi connectivity index (χ2v) is 5.53. The SMILES string of the molecule is CCC1C(=O)OCC1Cc1c[n+](CCOC(C)=O)cn1C.[Br-]. The standard InChI is InChI=1S/C15H23N2O4.BrH/c1-4-14-12(9-21-15(14)19)7-13-8-17(10-16(13)3)5-6-20-11(2)18;/h8,10,12,14H,4-7,9H2,1-3H3;1H/q+1;/p-1. The Labute approximate surface area is 141 Å². The molecule has 1 aromatic heterocycles. The number of esters is 2. The number of carbonyl (C=O) groups excluding carboxylic acids is 2. The first-order valence-electron chi connectivity index (χ1n) is 7.35. The van der Waals surface area contributed by atoms with Gasteiger partial charge in [0.1, 0.15) is 25.0 Å². The predicted molar refractivity (Wildman–Crippen MR) is 74.2 cm³/mol. The first-order valence-corrected chi connectivity index (χ1v) is 7.35. The fraction of sp³-hybridized carbons (Fsp3) is 0.667. The molecule has 2 heterocycles. The lowest BCUT2D eigenvalue weighted by Gasteiger charge is -2.10. The van der Waals surface area contributed by atoms with Crippen LogP contribution in [0.4, 0.5) is 0 Å². The van der Waals surface area contributed by atoms with Gasteiger partial charge in [0.05, 0.1) is 19.6 Å². The third kappa shape index (κ3) is 4.56. The summed E-state index contributed by atoms with van der Waals surface area (Å²) in [5, 5.41) is 0. The van der Waals surface area contributed by atoms with E-state index in [0.717, 1.165) is 18.5 Å². The third-order valence-corrected chi connectivity index (χ3v) is 3.97. The summed E-state index contributed by atoms with van der Waals surface area (Å²) in [6.07, 6.45) is 5.65. The predicted octanol–water partition coefficient (Wildman–Crippen LogP) is -2.38. The van der Waals surface area contributed by atoms with Gasteiger partial charge >= 0.3 is 11.9 Å². The minimum atomic E-state index is -0.265. The smallest absolute Gasteiger partial charge is 0.309 e. The zero-order valence-corrected chi connectivity index (χ0v) is 14.8. The molecule has 2 unspecified atom stereocenters. The molecule has 1 saturated heterocycles. The summed E-state index contributed by atoms with van der Waals surface area (Å²) < 4.78 is 14.2. The summed E-state index contributed by atoms with van der Waals surface area (Å²) in [6, 6.07) is 0. The molecule has 6 nitrogen and oxygen atoms in total. The molecule has 7 heteroatoms. The molecular formula is C15H23BrN2O4. The molecule has 0 bridgehead atoms. The molecule has 1 aliphatic heterocycles. The molecule has 2 rings (SSSR count). The summed E-state index contributed by atoms with van der Waals surface area (Å²) in [7, 11) is 1.98. The number of halogens is 1. The lowest BCUT2D eigenvalue weighted by atomic mass is 9.89. The van der Waals surface area contributed by atoms with Crippen molar-refractivity contribution in [2.24, 2.45) is 18.9 Å². The van der Waals surface area contributed by atoms with Crippen molar-refractivity contribution in [3.05, 3.63) is 18.2 Å². The van der Waals surface area contributed by atoms with Gasteiger partial charge in [-0.1, -0.05) is 6.92 Å². The van der Waals surface area contributed by atoms with Crippen LogP contribution in [-0.2, 0) is 39.1 Å². The number of hydrogen-bond acceptors (Lipinski definition) is 4. The number of aromatic nitrogens is 2. The van der Waals surface area contributed by atoms with E-state index >= 15 is 0 Å². The zero-order chi connectivity index (χ0) is 15.4. The number of cyclic esters (lactones) is 1. The monoisotopic (exact) mass is 374 g/mol. The highest BCUT2D eigenvalue weighted by Gasteiger charge is 2.36. The highest BCUT2D eigenvalue weighted by molar-refractivity contribution is 5.74. The van der Waals surface area contributed by atoms with Crippen LogP contribution in [0, 0.1) is 11.8 Å². The van der Waals surface area contributed by atoms with Crippen LogP contribution in [0.3, 0.4) is 0 Å². The Morgan fingerprint density at radius 2 is 2.27 bits per heavy atom. The number of nitrogens with zero attached hydrogens (tertiary/aromatic N) is 2. The third-order valence-electron chi connectivity index (χ3n) is 3.97. The van der Waals surface area contributed by atoms with Gasteiger partial charge in [0.25, 0.3) is 0 Å². The molecule has 0 spiro atoms. The number of aryl methyl sites for hydroxylation is 1. The molecule has 0 amide bonds. The van der Waals surface area contributed by atoms with Crippen molar-refractivity contribution < 1.29 is 40.6 Å². The molecule has 1 aliphatic rings. The average Bonchev–Trinajstić information content (AvgIpc) is 2.93. The lowest BCUT2D eigenvalue weighted by molar-refractivity contribution is -0.697. The summed E-state index contributed by atoms with van der Waals surface area (Å²) in [6.45, 7) is 4.93. The van der Waals surface area contributed by atoms with Crippen molar-refractivity contribution in [3.8, 4) is 0 Å². The Bertz CT molecular complexity index is 530. The van der Waals surface area contributed by atoms with E-state index in [-0.39, 0.29) is 40.8 Å². The molecule has 0 radical (unpaired) electrons. The maximum Gasteiger partial charge on any atom is 0.309 e. The normalized spacial score (nSPS) is 20.4.